The fraction of sp³-hybridized carbons (Fsp3) is 0.375. The van der Waals surface area contributed by atoms with Crippen molar-refractivity contribution in [2.75, 3.05) is 13.6 Å². The van der Waals surface area contributed by atoms with E-state index in [2.05, 4.69) is 24.0 Å². The number of hydrogen-bond acceptors (Lipinski definition) is 3. The molecule has 2 aromatic rings. The lowest BCUT2D eigenvalue weighted by molar-refractivity contribution is 0.245. The van der Waals surface area contributed by atoms with Crippen LogP contribution in [-0.4, -0.2) is 18.5 Å². The van der Waals surface area contributed by atoms with E-state index < -0.39 is 0 Å². The van der Waals surface area contributed by atoms with Crippen LogP contribution in [0.3, 0.4) is 0 Å². The zero-order valence-corrected chi connectivity index (χ0v) is 12.8. The Balaban J connectivity index is 2.10. The van der Waals surface area contributed by atoms with Crippen LogP contribution in [-0.2, 0) is 13.0 Å². The van der Waals surface area contributed by atoms with E-state index in [0.29, 0.717) is 13.1 Å². The molecule has 2 rings (SSSR count). The van der Waals surface area contributed by atoms with Crippen molar-refractivity contribution in [1.29, 1.82) is 0 Å². The van der Waals surface area contributed by atoms with Gasteiger partial charge in [-0.05, 0) is 43.3 Å². The Morgan fingerprint density at radius 1 is 1.30 bits per heavy atom. The smallest absolute Gasteiger partial charge is 0.123 e. The van der Waals surface area contributed by atoms with E-state index in [9.17, 15) is 4.39 Å². The maximum Gasteiger partial charge on any atom is 0.123 e. The van der Waals surface area contributed by atoms with Crippen LogP contribution < -0.4 is 5.73 Å². The van der Waals surface area contributed by atoms with Gasteiger partial charge in [-0.1, -0.05) is 19.1 Å². The third kappa shape index (κ3) is 3.66. The van der Waals surface area contributed by atoms with Crippen LogP contribution in [0.5, 0.6) is 0 Å². The number of likely N-dealkylation sites (N-methyl/N-ethyl adjacent to an activating group) is 1. The van der Waals surface area contributed by atoms with Crippen LogP contribution in [0.2, 0.25) is 0 Å². The van der Waals surface area contributed by atoms with Crippen molar-refractivity contribution in [2.24, 2.45) is 5.73 Å². The lowest BCUT2D eigenvalue weighted by atomic mass is 10.1. The number of rotatable bonds is 6. The predicted molar refractivity (Wildman–Crippen MR) is 83.4 cm³/mol. The minimum Gasteiger partial charge on any atom is -0.329 e. The monoisotopic (exact) mass is 292 g/mol. The van der Waals surface area contributed by atoms with Gasteiger partial charge in [-0.25, -0.2) is 4.39 Å². The summed E-state index contributed by atoms with van der Waals surface area (Å²) < 4.78 is 13.2. The van der Waals surface area contributed by atoms with Crippen molar-refractivity contribution < 1.29 is 4.39 Å². The molecule has 1 heterocycles. The fourth-order valence-corrected chi connectivity index (χ4v) is 3.44. The first-order valence-corrected chi connectivity index (χ1v) is 7.69. The second kappa shape index (κ2) is 6.97. The van der Waals surface area contributed by atoms with Crippen LogP contribution in [0.1, 0.15) is 28.3 Å². The predicted octanol–water partition coefficient (Wildman–Crippen LogP) is 3.58. The molecule has 0 saturated carbocycles. The molecule has 2 nitrogen and oxygen atoms in total. The van der Waals surface area contributed by atoms with Gasteiger partial charge in [-0.3, -0.25) is 4.90 Å². The Kier molecular flexibility index (Phi) is 5.29. The molecule has 2 N–H and O–H groups in total. The second-order valence-electron chi connectivity index (χ2n) is 4.95. The molecule has 0 aliphatic carbocycles. The van der Waals surface area contributed by atoms with Gasteiger partial charge in [0, 0.05) is 22.8 Å². The van der Waals surface area contributed by atoms with Crippen LogP contribution >= 0.6 is 11.3 Å². The van der Waals surface area contributed by atoms with Crippen LogP contribution in [0.4, 0.5) is 4.39 Å². The minimum absolute atomic E-state index is 0.184. The van der Waals surface area contributed by atoms with Gasteiger partial charge in [0.25, 0.3) is 0 Å². The lowest BCUT2D eigenvalue weighted by Crippen LogP contribution is -2.29. The van der Waals surface area contributed by atoms with E-state index in [1.165, 1.54) is 15.8 Å². The van der Waals surface area contributed by atoms with Gasteiger partial charge in [0.1, 0.15) is 5.82 Å². The number of thiophene rings is 1. The summed E-state index contributed by atoms with van der Waals surface area (Å²) in [5, 5.41) is 0. The molecule has 0 bridgehead atoms. The molecule has 1 aromatic heterocycles. The summed E-state index contributed by atoms with van der Waals surface area (Å²) in [5.41, 5.74) is 6.90. The van der Waals surface area contributed by atoms with E-state index in [0.717, 1.165) is 12.0 Å². The van der Waals surface area contributed by atoms with Crippen LogP contribution in [0.25, 0.3) is 0 Å². The summed E-state index contributed by atoms with van der Waals surface area (Å²) in [5.74, 6) is -0.190. The molecule has 0 aliphatic rings. The van der Waals surface area contributed by atoms with E-state index in [1.54, 1.807) is 12.1 Å². The molecule has 4 heteroatoms. The molecule has 20 heavy (non-hydrogen) atoms. The Labute approximate surface area is 124 Å². The molecule has 0 fully saturated rings. The number of hydrogen-bond donors (Lipinski definition) is 1. The normalized spacial score (nSPS) is 12.8. The zero-order chi connectivity index (χ0) is 14.5. The molecule has 0 spiro atoms. The Bertz CT molecular complexity index is 553. The fourth-order valence-electron chi connectivity index (χ4n) is 2.31. The highest BCUT2D eigenvalue weighted by Gasteiger charge is 2.17. The van der Waals surface area contributed by atoms with Crippen molar-refractivity contribution in [3.63, 3.8) is 0 Å². The average Bonchev–Trinajstić information content (AvgIpc) is 2.88. The quantitative estimate of drug-likeness (QED) is 0.881. The van der Waals surface area contributed by atoms with E-state index in [1.807, 2.05) is 24.5 Å². The van der Waals surface area contributed by atoms with Gasteiger partial charge in [-0.15, -0.1) is 11.3 Å². The second-order valence-corrected chi connectivity index (χ2v) is 6.15. The summed E-state index contributed by atoms with van der Waals surface area (Å²) in [6.07, 6.45) is 1.05. The molecule has 108 valence electrons. The number of aryl methyl sites for hydroxylation is 1. The Morgan fingerprint density at radius 3 is 2.70 bits per heavy atom. The lowest BCUT2D eigenvalue weighted by Gasteiger charge is -2.26. The molecule has 1 aromatic carbocycles. The highest BCUT2D eigenvalue weighted by atomic mass is 32.1. The molecular weight excluding hydrogens is 271 g/mol. The van der Waals surface area contributed by atoms with Crippen molar-refractivity contribution in [3.05, 3.63) is 57.5 Å². The topological polar surface area (TPSA) is 29.3 Å². The molecule has 1 atom stereocenters. The Morgan fingerprint density at radius 2 is 2.10 bits per heavy atom. The number of nitrogens with zero attached hydrogens (tertiary/aromatic N) is 1. The summed E-state index contributed by atoms with van der Waals surface area (Å²) in [4.78, 5) is 4.83. The van der Waals surface area contributed by atoms with Gasteiger partial charge < -0.3 is 5.73 Å². The molecule has 0 aliphatic heterocycles. The van der Waals surface area contributed by atoms with E-state index in [-0.39, 0.29) is 11.9 Å². The standard InChI is InChI=1S/C16H21FN2S/c1-3-14-7-8-16(20-14)15(10-18)19(2)11-12-5-4-6-13(17)9-12/h4-9,15H,3,10-11,18H2,1-2H3. The molecule has 0 amide bonds. The summed E-state index contributed by atoms with van der Waals surface area (Å²) in [6, 6.07) is 11.2. The first kappa shape index (κ1) is 15.2. The molecule has 1 unspecified atom stereocenters. The van der Waals surface area contributed by atoms with Gasteiger partial charge in [0.2, 0.25) is 0 Å². The van der Waals surface area contributed by atoms with E-state index >= 15 is 0 Å². The van der Waals surface area contributed by atoms with Crippen molar-refractivity contribution in [1.82, 2.24) is 4.90 Å². The largest absolute Gasteiger partial charge is 0.329 e. The highest BCUT2D eigenvalue weighted by Crippen LogP contribution is 2.27. The molecule has 0 saturated heterocycles. The average molecular weight is 292 g/mol. The summed E-state index contributed by atoms with van der Waals surface area (Å²) in [7, 11) is 2.04. The van der Waals surface area contributed by atoms with Gasteiger partial charge in [0.05, 0.1) is 6.04 Å². The van der Waals surface area contributed by atoms with Crippen LogP contribution in [0, 0.1) is 5.82 Å². The maximum absolute atomic E-state index is 13.2. The first-order valence-electron chi connectivity index (χ1n) is 6.87. The number of benzene rings is 1. The summed E-state index contributed by atoms with van der Waals surface area (Å²) in [6.45, 7) is 3.41. The van der Waals surface area contributed by atoms with Crippen molar-refractivity contribution in [3.8, 4) is 0 Å². The Hall–Kier alpha value is -1.23. The third-order valence-electron chi connectivity index (χ3n) is 3.44. The minimum atomic E-state index is -0.190. The van der Waals surface area contributed by atoms with E-state index in [4.69, 9.17) is 5.73 Å². The zero-order valence-electron chi connectivity index (χ0n) is 12.0. The van der Waals surface area contributed by atoms with Gasteiger partial charge in [-0.2, -0.15) is 0 Å². The molecular formula is C16H21FN2S. The van der Waals surface area contributed by atoms with Gasteiger partial charge >= 0.3 is 0 Å². The van der Waals surface area contributed by atoms with Crippen LogP contribution in [0.15, 0.2) is 36.4 Å². The first-order chi connectivity index (χ1) is 9.63. The highest BCUT2D eigenvalue weighted by molar-refractivity contribution is 7.12. The number of nitrogens with two attached hydrogens (primary N) is 1. The van der Waals surface area contributed by atoms with Crippen molar-refractivity contribution >= 4 is 11.3 Å². The van der Waals surface area contributed by atoms with Gasteiger partial charge in [0.15, 0.2) is 0 Å². The SMILES string of the molecule is CCc1ccc(C(CN)N(C)Cc2cccc(F)c2)s1. The third-order valence-corrected chi connectivity index (χ3v) is 4.77. The maximum atomic E-state index is 13.2. The summed E-state index contributed by atoms with van der Waals surface area (Å²) >= 11 is 1.81. The molecule has 0 radical (unpaired) electrons. The van der Waals surface area contributed by atoms with Crippen molar-refractivity contribution in [2.45, 2.75) is 25.9 Å². The number of halogens is 1.